The van der Waals surface area contributed by atoms with Gasteiger partial charge in [0.25, 0.3) is 0 Å². The Morgan fingerprint density at radius 3 is 2.63 bits per heavy atom. The lowest BCUT2D eigenvalue weighted by Gasteiger charge is -2.28. The Labute approximate surface area is 171 Å². The number of nitrogens with zero attached hydrogens (tertiary/aromatic N) is 3. The Hall–Kier alpha value is -2.09. The minimum absolute atomic E-state index is 0.592. The van der Waals surface area contributed by atoms with Gasteiger partial charge in [-0.15, -0.1) is 0 Å². The smallest absolute Gasteiger partial charge is 0.228 e. The highest BCUT2D eigenvalue weighted by atomic mass is 79.9. The summed E-state index contributed by atoms with van der Waals surface area (Å²) >= 11 is 5.11. The second-order valence-corrected chi connectivity index (χ2v) is 8.06. The maximum atomic E-state index is 5.41. The van der Waals surface area contributed by atoms with E-state index in [0.29, 0.717) is 5.95 Å². The van der Waals surface area contributed by atoms with Gasteiger partial charge in [0.15, 0.2) is 0 Å². The van der Waals surface area contributed by atoms with Crippen molar-refractivity contribution in [1.82, 2.24) is 9.97 Å². The molecule has 5 nitrogen and oxygen atoms in total. The largest absolute Gasteiger partial charge is 0.378 e. The number of hydrogen-bond donors (Lipinski definition) is 1. The third-order valence-electron chi connectivity index (χ3n) is 4.15. The van der Waals surface area contributed by atoms with Crippen LogP contribution in [0.5, 0.6) is 0 Å². The summed E-state index contributed by atoms with van der Waals surface area (Å²) in [6.45, 7) is 3.45. The third kappa shape index (κ3) is 5.00. The van der Waals surface area contributed by atoms with Crippen LogP contribution in [0, 0.1) is 0 Å². The molecule has 3 aromatic rings. The molecule has 2 aromatic carbocycles. The van der Waals surface area contributed by atoms with Crippen molar-refractivity contribution in [2.45, 2.75) is 9.92 Å². The highest BCUT2D eigenvalue weighted by Crippen LogP contribution is 2.29. The Morgan fingerprint density at radius 1 is 1.04 bits per heavy atom. The van der Waals surface area contributed by atoms with Crippen LogP contribution in [0.3, 0.4) is 0 Å². The van der Waals surface area contributed by atoms with Gasteiger partial charge in [-0.1, -0.05) is 33.8 Å². The summed E-state index contributed by atoms with van der Waals surface area (Å²) in [5.41, 5.74) is 2.18. The molecule has 1 fully saturated rings. The molecule has 1 aliphatic rings. The molecule has 2 heterocycles. The number of hydrogen-bond acceptors (Lipinski definition) is 6. The number of nitrogens with one attached hydrogen (secondary N) is 1. The van der Waals surface area contributed by atoms with Crippen molar-refractivity contribution in [2.24, 2.45) is 0 Å². The quantitative estimate of drug-likeness (QED) is 0.562. The van der Waals surface area contributed by atoms with Crippen LogP contribution in [0.1, 0.15) is 0 Å². The van der Waals surface area contributed by atoms with Crippen molar-refractivity contribution in [3.05, 3.63) is 65.3 Å². The molecule has 1 saturated heterocycles. The van der Waals surface area contributed by atoms with Gasteiger partial charge in [-0.25, -0.2) is 9.97 Å². The first-order valence-electron chi connectivity index (χ1n) is 8.72. The van der Waals surface area contributed by atoms with Gasteiger partial charge in [-0.3, -0.25) is 0 Å². The highest BCUT2D eigenvalue weighted by molar-refractivity contribution is 9.10. The molecule has 4 rings (SSSR count). The predicted molar refractivity (Wildman–Crippen MR) is 113 cm³/mol. The van der Waals surface area contributed by atoms with E-state index >= 15 is 0 Å². The van der Waals surface area contributed by atoms with Gasteiger partial charge < -0.3 is 15.0 Å². The van der Waals surface area contributed by atoms with E-state index in [1.165, 1.54) is 5.69 Å². The van der Waals surface area contributed by atoms with E-state index in [0.717, 1.165) is 46.4 Å². The van der Waals surface area contributed by atoms with Crippen LogP contribution in [0.15, 0.2) is 75.2 Å². The second-order valence-electron chi connectivity index (χ2n) is 6.05. The van der Waals surface area contributed by atoms with E-state index in [4.69, 9.17) is 4.74 Å². The van der Waals surface area contributed by atoms with Gasteiger partial charge >= 0.3 is 0 Å². The lowest BCUT2D eigenvalue weighted by Crippen LogP contribution is -2.36. The molecule has 0 unspecified atom stereocenters. The number of aromatic nitrogens is 2. The monoisotopic (exact) mass is 442 g/mol. The summed E-state index contributed by atoms with van der Waals surface area (Å²) < 4.78 is 6.46. The molecular weight excluding hydrogens is 424 g/mol. The Kier molecular flexibility index (Phi) is 5.91. The summed E-state index contributed by atoms with van der Waals surface area (Å²) in [6, 6.07) is 18.4. The van der Waals surface area contributed by atoms with E-state index in [1.54, 1.807) is 18.0 Å². The van der Waals surface area contributed by atoms with Crippen LogP contribution < -0.4 is 10.2 Å². The van der Waals surface area contributed by atoms with Crippen molar-refractivity contribution in [3.63, 3.8) is 0 Å². The van der Waals surface area contributed by atoms with E-state index in [1.807, 2.05) is 18.2 Å². The van der Waals surface area contributed by atoms with Gasteiger partial charge in [-0.05, 0) is 48.5 Å². The molecule has 1 aromatic heterocycles. The fraction of sp³-hybridized carbons (Fsp3) is 0.200. The van der Waals surface area contributed by atoms with Crippen LogP contribution in [0.25, 0.3) is 0 Å². The van der Waals surface area contributed by atoms with Crippen molar-refractivity contribution < 1.29 is 4.74 Å². The number of morpholine rings is 1. The summed E-state index contributed by atoms with van der Waals surface area (Å²) in [6.07, 6.45) is 1.78. The molecule has 1 aliphatic heterocycles. The molecule has 7 heteroatoms. The number of halogens is 1. The lowest BCUT2D eigenvalue weighted by molar-refractivity contribution is 0.122. The molecule has 0 bridgehead atoms. The SMILES string of the molecule is Brc1cccc(Sc2ccnc(Nc3ccc(N4CCOCC4)cc3)n2)c1. The predicted octanol–water partition coefficient (Wildman–Crippen LogP) is 4.97. The number of benzene rings is 2. The Balaban J connectivity index is 1.43. The topological polar surface area (TPSA) is 50.3 Å². The average molecular weight is 443 g/mol. The number of ether oxygens (including phenoxy) is 1. The molecule has 138 valence electrons. The maximum absolute atomic E-state index is 5.41. The lowest BCUT2D eigenvalue weighted by atomic mass is 10.2. The van der Waals surface area contributed by atoms with Gasteiger partial charge in [0, 0.05) is 40.0 Å². The molecule has 0 amide bonds. The molecule has 0 aliphatic carbocycles. The van der Waals surface area contributed by atoms with Crippen LogP contribution in [-0.2, 0) is 4.74 Å². The van der Waals surface area contributed by atoms with Crippen molar-refractivity contribution in [3.8, 4) is 0 Å². The summed E-state index contributed by atoms with van der Waals surface area (Å²) in [5.74, 6) is 0.592. The molecule has 0 radical (unpaired) electrons. The fourth-order valence-electron chi connectivity index (χ4n) is 2.82. The maximum Gasteiger partial charge on any atom is 0.228 e. The fourth-order valence-corrected chi connectivity index (χ4v) is 4.20. The first-order chi connectivity index (χ1) is 13.3. The van der Waals surface area contributed by atoms with Gasteiger partial charge in [-0.2, -0.15) is 0 Å². The standard InChI is InChI=1S/C20H19BrN4OS/c21-15-2-1-3-18(14-15)27-19-8-9-22-20(24-19)23-16-4-6-17(7-5-16)25-10-12-26-13-11-25/h1-9,14H,10-13H2,(H,22,23,24). The molecule has 0 atom stereocenters. The van der Waals surface area contributed by atoms with Crippen molar-refractivity contribution >= 4 is 45.0 Å². The van der Waals surface area contributed by atoms with Gasteiger partial charge in [0.2, 0.25) is 5.95 Å². The summed E-state index contributed by atoms with van der Waals surface area (Å²) in [4.78, 5) is 12.4. The van der Waals surface area contributed by atoms with E-state index in [2.05, 4.69) is 72.5 Å². The van der Waals surface area contributed by atoms with E-state index in [9.17, 15) is 0 Å². The molecule has 0 spiro atoms. The number of rotatable bonds is 5. The van der Waals surface area contributed by atoms with Crippen LogP contribution >= 0.6 is 27.7 Å². The Bertz CT molecular complexity index is 900. The number of anilines is 3. The van der Waals surface area contributed by atoms with Crippen LogP contribution in [0.2, 0.25) is 0 Å². The van der Waals surface area contributed by atoms with E-state index in [-0.39, 0.29) is 0 Å². The van der Waals surface area contributed by atoms with Crippen LogP contribution in [-0.4, -0.2) is 36.3 Å². The molecular formula is C20H19BrN4OS. The molecule has 0 saturated carbocycles. The molecule has 27 heavy (non-hydrogen) atoms. The highest BCUT2D eigenvalue weighted by Gasteiger charge is 2.11. The minimum Gasteiger partial charge on any atom is -0.378 e. The summed E-state index contributed by atoms with van der Waals surface area (Å²) in [5, 5.41) is 4.18. The van der Waals surface area contributed by atoms with Crippen molar-refractivity contribution in [2.75, 3.05) is 36.5 Å². The van der Waals surface area contributed by atoms with Crippen molar-refractivity contribution in [1.29, 1.82) is 0 Å². The first kappa shape index (κ1) is 18.3. The zero-order valence-electron chi connectivity index (χ0n) is 14.6. The van der Waals surface area contributed by atoms with E-state index < -0.39 is 0 Å². The zero-order chi connectivity index (χ0) is 18.5. The van der Waals surface area contributed by atoms with Crippen LogP contribution in [0.4, 0.5) is 17.3 Å². The Morgan fingerprint density at radius 2 is 1.85 bits per heavy atom. The first-order valence-corrected chi connectivity index (χ1v) is 10.3. The zero-order valence-corrected chi connectivity index (χ0v) is 17.0. The third-order valence-corrected chi connectivity index (χ3v) is 5.57. The minimum atomic E-state index is 0.592. The molecule has 1 N–H and O–H groups in total. The van der Waals surface area contributed by atoms with Gasteiger partial charge in [0.1, 0.15) is 5.03 Å². The summed E-state index contributed by atoms with van der Waals surface area (Å²) in [7, 11) is 0. The average Bonchev–Trinajstić information content (AvgIpc) is 2.70. The van der Waals surface area contributed by atoms with Gasteiger partial charge in [0.05, 0.1) is 13.2 Å². The second kappa shape index (κ2) is 8.73. The normalized spacial score (nSPS) is 14.2.